The quantitative estimate of drug-likeness (QED) is 0.613. The number of sulfonamides is 1. The molecule has 0 aliphatic rings. The Bertz CT molecular complexity index is 808. The van der Waals surface area contributed by atoms with Gasteiger partial charge in [0.15, 0.2) is 0 Å². The summed E-state index contributed by atoms with van der Waals surface area (Å²) in [7, 11) is -1.69. The molecule has 0 aliphatic carbocycles. The molecule has 0 unspecified atom stereocenters. The number of urea groups is 1. The Morgan fingerprint density at radius 2 is 1.73 bits per heavy atom. The molecular formula is C18H24N4O3S. The number of carbonyl (C=O) groups is 1. The second-order valence-electron chi connectivity index (χ2n) is 6.03. The molecule has 2 amide bonds. The zero-order chi connectivity index (χ0) is 19.0. The zero-order valence-corrected chi connectivity index (χ0v) is 15.5. The van der Waals surface area contributed by atoms with Crippen LogP contribution in [-0.4, -0.2) is 39.5 Å². The van der Waals surface area contributed by atoms with Crippen molar-refractivity contribution in [1.82, 2.24) is 10.2 Å². The molecule has 0 bridgehead atoms. The van der Waals surface area contributed by atoms with Crippen LogP contribution in [0.5, 0.6) is 0 Å². The largest absolute Gasteiger partial charge is 0.338 e. The lowest BCUT2D eigenvalue weighted by atomic mass is 10.2. The van der Waals surface area contributed by atoms with Gasteiger partial charge in [0.05, 0.1) is 4.90 Å². The first-order chi connectivity index (χ1) is 12.3. The average Bonchev–Trinajstić information content (AvgIpc) is 2.59. The molecule has 2 aromatic carbocycles. The van der Waals surface area contributed by atoms with Crippen LogP contribution in [0.15, 0.2) is 59.5 Å². The van der Waals surface area contributed by atoms with E-state index in [1.807, 2.05) is 25.2 Å². The Labute approximate surface area is 154 Å². The van der Waals surface area contributed by atoms with Crippen molar-refractivity contribution >= 4 is 21.7 Å². The monoisotopic (exact) mass is 376 g/mol. The number of rotatable bonds is 8. The van der Waals surface area contributed by atoms with Crippen molar-refractivity contribution in [3.05, 3.63) is 60.2 Å². The van der Waals surface area contributed by atoms with E-state index < -0.39 is 10.0 Å². The van der Waals surface area contributed by atoms with E-state index in [9.17, 15) is 13.2 Å². The molecule has 0 saturated heterocycles. The standard InChI is InChI=1S/C18H24N4O3S/c1-22(14-15-6-3-2-4-7-15)13-5-12-20-18(23)21-16-8-10-17(11-9-16)26(19,24)25/h2-4,6-11H,5,12-14H2,1H3,(H2,19,24,25)(H2,20,21,23). The number of primary sulfonamides is 1. The van der Waals surface area contributed by atoms with Gasteiger partial charge >= 0.3 is 6.03 Å². The summed E-state index contributed by atoms with van der Waals surface area (Å²) in [5.41, 5.74) is 1.75. The van der Waals surface area contributed by atoms with E-state index in [1.165, 1.54) is 29.8 Å². The molecule has 26 heavy (non-hydrogen) atoms. The van der Waals surface area contributed by atoms with Crippen molar-refractivity contribution in [1.29, 1.82) is 0 Å². The van der Waals surface area contributed by atoms with E-state index in [1.54, 1.807) is 0 Å². The predicted octanol–water partition coefficient (Wildman–Crippen LogP) is 1.98. The van der Waals surface area contributed by atoms with Gasteiger partial charge in [-0.05, 0) is 49.8 Å². The summed E-state index contributed by atoms with van der Waals surface area (Å²) in [4.78, 5) is 14.1. The van der Waals surface area contributed by atoms with Gasteiger partial charge in [-0.2, -0.15) is 0 Å². The molecule has 2 aromatic rings. The number of nitrogens with one attached hydrogen (secondary N) is 2. The highest BCUT2D eigenvalue weighted by atomic mass is 32.2. The molecule has 2 rings (SSSR count). The van der Waals surface area contributed by atoms with E-state index >= 15 is 0 Å². The van der Waals surface area contributed by atoms with Crippen molar-refractivity contribution in [3.8, 4) is 0 Å². The number of hydrogen-bond acceptors (Lipinski definition) is 4. The lowest BCUT2D eigenvalue weighted by Gasteiger charge is -2.16. The van der Waals surface area contributed by atoms with Crippen LogP contribution in [-0.2, 0) is 16.6 Å². The number of benzene rings is 2. The molecule has 0 spiro atoms. The molecule has 0 radical (unpaired) electrons. The first-order valence-electron chi connectivity index (χ1n) is 8.25. The highest BCUT2D eigenvalue weighted by molar-refractivity contribution is 7.89. The van der Waals surface area contributed by atoms with Gasteiger partial charge in [-0.3, -0.25) is 0 Å². The van der Waals surface area contributed by atoms with Crippen molar-refractivity contribution < 1.29 is 13.2 Å². The number of carbonyl (C=O) groups excluding carboxylic acids is 1. The van der Waals surface area contributed by atoms with Gasteiger partial charge in [-0.1, -0.05) is 30.3 Å². The summed E-state index contributed by atoms with van der Waals surface area (Å²) in [6.07, 6.45) is 0.821. The van der Waals surface area contributed by atoms with E-state index in [2.05, 4.69) is 27.7 Å². The number of amides is 2. The normalized spacial score (nSPS) is 11.3. The third-order valence-electron chi connectivity index (χ3n) is 3.74. The maximum absolute atomic E-state index is 11.9. The topological polar surface area (TPSA) is 105 Å². The Balaban J connectivity index is 1.67. The predicted molar refractivity (Wildman–Crippen MR) is 102 cm³/mol. The lowest BCUT2D eigenvalue weighted by Crippen LogP contribution is -2.31. The molecular weight excluding hydrogens is 352 g/mol. The zero-order valence-electron chi connectivity index (χ0n) is 14.7. The fraction of sp³-hybridized carbons (Fsp3) is 0.278. The van der Waals surface area contributed by atoms with E-state index in [0.717, 1.165) is 19.5 Å². The van der Waals surface area contributed by atoms with Crippen LogP contribution in [0.3, 0.4) is 0 Å². The Hall–Kier alpha value is -2.42. The maximum Gasteiger partial charge on any atom is 0.319 e. The Morgan fingerprint density at radius 1 is 1.08 bits per heavy atom. The molecule has 0 fully saturated rings. The number of hydrogen-bond donors (Lipinski definition) is 3. The highest BCUT2D eigenvalue weighted by Gasteiger charge is 2.08. The molecule has 140 valence electrons. The molecule has 8 heteroatoms. The van der Waals surface area contributed by atoms with E-state index in [0.29, 0.717) is 12.2 Å². The second-order valence-corrected chi connectivity index (χ2v) is 7.59. The second kappa shape index (κ2) is 9.33. The fourth-order valence-corrected chi connectivity index (χ4v) is 2.94. The summed E-state index contributed by atoms with van der Waals surface area (Å²) in [5.74, 6) is 0. The maximum atomic E-state index is 11.9. The van der Waals surface area contributed by atoms with Gasteiger partial charge in [0.1, 0.15) is 0 Å². The molecule has 0 aliphatic heterocycles. The number of anilines is 1. The van der Waals surface area contributed by atoms with Gasteiger partial charge in [0.2, 0.25) is 10.0 Å². The number of nitrogens with zero attached hydrogens (tertiary/aromatic N) is 1. The first-order valence-corrected chi connectivity index (χ1v) is 9.79. The summed E-state index contributed by atoms with van der Waals surface area (Å²) in [6, 6.07) is 15.6. The highest BCUT2D eigenvalue weighted by Crippen LogP contribution is 2.12. The van der Waals surface area contributed by atoms with Crippen LogP contribution in [0.1, 0.15) is 12.0 Å². The molecule has 0 atom stereocenters. The summed E-state index contributed by atoms with van der Waals surface area (Å²) >= 11 is 0. The average molecular weight is 376 g/mol. The Morgan fingerprint density at radius 3 is 2.35 bits per heavy atom. The van der Waals surface area contributed by atoms with E-state index in [-0.39, 0.29) is 10.9 Å². The summed E-state index contributed by atoms with van der Waals surface area (Å²) in [5, 5.41) is 10.5. The lowest BCUT2D eigenvalue weighted by molar-refractivity contribution is 0.250. The van der Waals surface area contributed by atoms with Crippen LogP contribution in [0, 0.1) is 0 Å². The first kappa shape index (κ1) is 19.9. The summed E-state index contributed by atoms with van der Waals surface area (Å²) in [6.45, 7) is 2.27. The van der Waals surface area contributed by atoms with Crippen LogP contribution < -0.4 is 15.8 Å². The van der Waals surface area contributed by atoms with Gasteiger partial charge in [0.25, 0.3) is 0 Å². The van der Waals surface area contributed by atoms with Crippen LogP contribution in [0.4, 0.5) is 10.5 Å². The van der Waals surface area contributed by atoms with Gasteiger partial charge < -0.3 is 15.5 Å². The molecule has 0 saturated carbocycles. The molecule has 4 N–H and O–H groups in total. The van der Waals surface area contributed by atoms with Gasteiger partial charge in [-0.15, -0.1) is 0 Å². The minimum atomic E-state index is -3.73. The third-order valence-corrected chi connectivity index (χ3v) is 4.67. The SMILES string of the molecule is CN(CCCNC(=O)Nc1ccc(S(N)(=O)=O)cc1)Cc1ccccc1. The van der Waals surface area contributed by atoms with Crippen molar-refractivity contribution in [2.75, 3.05) is 25.5 Å². The fourth-order valence-electron chi connectivity index (χ4n) is 2.43. The number of nitrogens with two attached hydrogens (primary N) is 1. The summed E-state index contributed by atoms with van der Waals surface area (Å²) < 4.78 is 22.4. The molecule has 0 heterocycles. The van der Waals surface area contributed by atoms with Crippen molar-refractivity contribution in [2.45, 2.75) is 17.9 Å². The van der Waals surface area contributed by atoms with Crippen LogP contribution >= 0.6 is 0 Å². The van der Waals surface area contributed by atoms with Gasteiger partial charge in [-0.25, -0.2) is 18.4 Å². The minimum absolute atomic E-state index is 0.00455. The van der Waals surface area contributed by atoms with Crippen LogP contribution in [0.25, 0.3) is 0 Å². The van der Waals surface area contributed by atoms with E-state index in [4.69, 9.17) is 5.14 Å². The Kier molecular flexibility index (Phi) is 7.14. The van der Waals surface area contributed by atoms with Crippen LogP contribution in [0.2, 0.25) is 0 Å². The minimum Gasteiger partial charge on any atom is -0.338 e. The third kappa shape index (κ3) is 6.83. The molecule has 7 nitrogen and oxygen atoms in total. The smallest absolute Gasteiger partial charge is 0.319 e. The van der Waals surface area contributed by atoms with Crippen molar-refractivity contribution in [2.24, 2.45) is 5.14 Å². The van der Waals surface area contributed by atoms with Gasteiger partial charge in [0, 0.05) is 18.8 Å². The molecule has 0 aromatic heterocycles. The van der Waals surface area contributed by atoms with Crippen molar-refractivity contribution in [3.63, 3.8) is 0 Å².